The van der Waals surface area contributed by atoms with E-state index in [-0.39, 0.29) is 16.6 Å². The lowest BCUT2D eigenvalue weighted by atomic mass is 9.45. The zero-order valence-electron chi connectivity index (χ0n) is 18.4. The number of carbonyl (C=O) groups is 2. The normalized spacial score (nSPS) is 39.9. The van der Waals surface area contributed by atoms with Crippen LogP contribution in [0.15, 0.2) is 54.1 Å². The molecule has 30 heavy (non-hydrogen) atoms. The summed E-state index contributed by atoms with van der Waals surface area (Å²) in [5.74, 6) is 2.94. The molecule has 5 rings (SSSR count). The van der Waals surface area contributed by atoms with Crippen molar-refractivity contribution in [3.63, 3.8) is 0 Å². The van der Waals surface area contributed by atoms with E-state index >= 15 is 0 Å². The van der Waals surface area contributed by atoms with Crippen LogP contribution in [0.3, 0.4) is 0 Å². The number of Topliss-reactive ketones (excluding diaryl/α,β-unsaturated/α-hetero) is 1. The maximum atomic E-state index is 12.8. The molecule has 3 fully saturated rings. The third-order valence-electron chi connectivity index (χ3n) is 9.32. The quantitative estimate of drug-likeness (QED) is 0.609. The molecule has 0 saturated heterocycles. The summed E-state index contributed by atoms with van der Waals surface area (Å²) < 4.78 is 0. The Morgan fingerprint density at radius 3 is 2.63 bits per heavy atom. The van der Waals surface area contributed by atoms with E-state index in [0.717, 1.165) is 38.5 Å². The van der Waals surface area contributed by atoms with Gasteiger partial charge in [-0.3, -0.25) is 9.59 Å². The van der Waals surface area contributed by atoms with E-state index in [9.17, 15) is 9.59 Å². The number of rotatable bonds is 4. The second kappa shape index (κ2) is 7.32. The van der Waals surface area contributed by atoms with Crippen molar-refractivity contribution < 1.29 is 9.59 Å². The molecule has 2 heteroatoms. The fourth-order valence-electron chi connectivity index (χ4n) is 7.63. The molecule has 0 heterocycles. The van der Waals surface area contributed by atoms with E-state index in [4.69, 9.17) is 0 Å². The zero-order valence-corrected chi connectivity index (χ0v) is 18.4. The highest BCUT2D eigenvalue weighted by Gasteiger charge is 2.60. The Morgan fingerprint density at radius 1 is 1.03 bits per heavy atom. The summed E-state index contributed by atoms with van der Waals surface area (Å²) in [5.41, 5.74) is 2.66. The van der Waals surface area contributed by atoms with Crippen LogP contribution in [0, 0.1) is 34.5 Å². The third-order valence-corrected chi connectivity index (χ3v) is 9.32. The molecule has 0 radical (unpaired) electrons. The molecule has 4 aliphatic rings. The molecule has 1 aromatic carbocycles. The topological polar surface area (TPSA) is 34.1 Å². The Labute approximate surface area is 180 Å². The van der Waals surface area contributed by atoms with Gasteiger partial charge >= 0.3 is 0 Å². The first-order valence-corrected chi connectivity index (χ1v) is 11.9. The summed E-state index contributed by atoms with van der Waals surface area (Å²) in [5, 5.41) is 0. The predicted octanol–water partition coefficient (Wildman–Crippen LogP) is 6.11. The smallest absolute Gasteiger partial charge is 0.178 e. The summed E-state index contributed by atoms with van der Waals surface area (Å²) in [6.07, 6.45) is 14.5. The molecule has 1 aromatic rings. The van der Waals surface area contributed by atoms with Gasteiger partial charge in [-0.1, -0.05) is 55.8 Å². The molecular weight excluding hydrogens is 368 g/mol. The second-order valence-electron chi connectivity index (χ2n) is 10.7. The first-order valence-electron chi connectivity index (χ1n) is 11.9. The Bertz CT molecular complexity index is 910. The van der Waals surface area contributed by atoms with Gasteiger partial charge in [0.15, 0.2) is 5.78 Å². The molecule has 0 aliphatic heterocycles. The predicted molar refractivity (Wildman–Crippen MR) is 120 cm³/mol. The number of carbonyl (C=O) groups excluding carboxylic acids is 2. The fourth-order valence-corrected chi connectivity index (χ4v) is 7.63. The molecule has 3 saturated carbocycles. The van der Waals surface area contributed by atoms with Gasteiger partial charge < -0.3 is 0 Å². The molecule has 6 atom stereocenters. The third kappa shape index (κ3) is 3.06. The van der Waals surface area contributed by atoms with E-state index in [2.05, 4.69) is 50.3 Å². The van der Waals surface area contributed by atoms with E-state index in [0.29, 0.717) is 29.5 Å². The van der Waals surface area contributed by atoms with Crippen LogP contribution in [-0.4, -0.2) is 11.6 Å². The molecule has 158 valence electrons. The van der Waals surface area contributed by atoms with Crippen molar-refractivity contribution in [2.75, 3.05) is 0 Å². The molecule has 0 aromatic heterocycles. The summed E-state index contributed by atoms with van der Waals surface area (Å²) >= 11 is 0. The van der Waals surface area contributed by atoms with Gasteiger partial charge in [-0.05, 0) is 86.3 Å². The summed E-state index contributed by atoms with van der Waals surface area (Å²) in [6.45, 7) is 4.62. The van der Waals surface area contributed by atoms with E-state index in [1.807, 2.05) is 6.08 Å². The molecule has 0 unspecified atom stereocenters. The Balaban J connectivity index is 1.44. The van der Waals surface area contributed by atoms with Crippen molar-refractivity contribution in [2.24, 2.45) is 34.5 Å². The number of fused-ring (bicyclic) bond motifs is 5. The number of hydrogen-bond acceptors (Lipinski definition) is 2. The largest absolute Gasteiger partial charge is 0.299 e. The van der Waals surface area contributed by atoms with Gasteiger partial charge in [0.2, 0.25) is 0 Å². The van der Waals surface area contributed by atoms with Gasteiger partial charge in [-0.15, -0.1) is 0 Å². The van der Waals surface area contributed by atoms with Gasteiger partial charge in [0.25, 0.3) is 0 Å². The van der Waals surface area contributed by atoms with Crippen molar-refractivity contribution in [3.05, 3.63) is 59.7 Å². The monoisotopic (exact) mass is 402 g/mol. The highest BCUT2D eigenvalue weighted by atomic mass is 16.1. The lowest BCUT2D eigenvalue weighted by molar-refractivity contribution is -0.133. The van der Waals surface area contributed by atoms with Crippen molar-refractivity contribution in [1.29, 1.82) is 0 Å². The van der Waals surface area contributed by atoms with Crippen LogP contribution >= 0.6 is 0 Å². The van der Waals surface area contributed by atoms with Crippen molar-refractivity contribution in [3.8, 4) is 0 Å². The van der Waals surface area contributed by atoms with Crippen LogP contribution in [0.2, 0.25) is 0 Å². The molecule has 2 nitrogen and oxygen atoms in total. The minimum absolute atomic E-state index is 0.00146. The van der Waals surface area contributed by atoms with E-state index < -0.39 is 0 Å². The van der Waals surface area contributed by atoms with Crippen LogP contribution in [-0.2, 0) is 16.0 Å². The Hall–Kier alpha value is -1.96. The summed E-state index contributed by atoms with van der Waals surface area (Å²) in [7, 11) is 0. The average Bonchev–Trinajstić information content (AvgIpc) is 3.04. The highest BCUT2D eigenvalue weighted by molar-refractivity contribution is 6.01. The summed E-state index contributed by atoms with van der Waals surface area (Å²) in [4.78, 5) is 25.0. The SMILES string of the molecule is C[C@]12C=CC(=O)C=C1C[C@@H](CCCc1ccccc1)[C@@H]1[C@@H]2CC[C@]2(C)C(=O)CC[C@@H]12. The maximum Gasteiger partial charge on any atom is 0.178 e. The molecule has 0 amide bonds. The lowest BCUT2D eigenvalue weighted by Gasteiger charge is -2.58. The maximum absolute atomic E-state index is 12.8. The second-order valence-corrected chi connectivity index (χ2v) is 10.7. The fraction of sp³-hybridized carbons (Fsp3) is 0.571. The van der Waals surface area contributed by atoms with Gasteiger partial charge in [0.1, 0.15) is 5.78 Å². The van der Waals surface area contributed by atoms with E-state index in [1.54, 1.807) is 6.08 Å². The van der Waals surface area contributed by atoms with Gasteiger partial charge in [-0.2, -0.15) is 0 Å². The zero-order chi connectivity index (χ0) is 20.9. The van der Waals surface area contributed by atoms with Gasteiger partial charge in [0.05, 0.1) is 0 Å². The first kappa shape index (κ1) is 20.0. The molecule has 0 N–H and O–H groups in total. The first-order chi connectivity index (χ1) is 14.4. The van der Waals surface area contributed by atoms with Crippen LogP contribution in [0.5, 0.6) is 0 Å². The number of hydrogen-bond donors (Lipinski definition) is 0. The number of ketones is 2. The van der Waals surface area contributed by atoms with Gasteiger partial charge in [-0.25, -0.2) is 0 Å². The Morgan fingerprint density at radius 2 is 1.83 bits per heavy atom. The molecule has 4 aliphatic carbocycles. The minimum Gasteiger partial charge on any atom is -0.299 e. The van der Waals surface area contributed by atoms with Gasteiger partial charge in [0, 0.05) is 17.3 Å². The summed E-state index contributed by atoms with van der Waals surface area (Å²) in [6, 6.07) is 10.8. The standard InChI is InChI=1S/C28H34O2/c1-27-15-13-22(29)18-21(27)17-20(10-6-9-19-7-4-3-5-8-19)26-23-11-12-25(30)28(23,2)16-14-24(26)27/h3-5,7-8,13,15,18,20,23-24,26H,6,9-12,14,16-17H2,1-2H3/t20-,23+,24+,26+,27+,28+/m1/s1. The van der Waals surface area contributed by atoms with Crippen molar-refractivity contribution >= 4 is 11.6 Å². The number of allylic oxidation sites excluding steroid dienone is 4. The number of benzene rings is 1. The average molecular weight is 403 g/mol. The molecule has 0 spiro atoms. The van der Waals surface area contributed by atoms with Crippen LogP contribution < -0.4 is 0 Å². The molecule has 0 bridgehead atoms. The van der Waals surface area contributed by atoms with Crippen molar-refractivity contribution in [2.45, 2.75) is 65.2 Å². The highest BCUT2D eigenvalue weighted by Crippen LogP contribution is 2.65. The van der Waals surface area contributed by atoms with Crippen LogP contribution in [0.1, 0.15) is 64.4 Å². The van der Waals surface area contributed by atoms with Crippen molar-refractivity contribution in [1.82, 2.24) is 0 Å². The minimum atomic E-state index is -0.107. The van der Waals surface area contributed by atoms with E-state index in [1.165, 1.54) is 24.0 Å². The number of aryl methyl sites for hydroxylation is 1. The van der Waals surface area contributed by atoms with Crippen LogP contribution in [0.25, 0.3) is 0 Å². The molecular formula is C28H34O2. The van der Waals surface area contributed by atoms with Crippen LogP contribution in [0.4, 0.5) is 0 Å². The lowest BCUT2D eigenvalue weighted by Crippen LogP contribution is -2.53. The Kier molecular flexibility index (Phi) is 4.87.